The van der Waals surface area contributed by atoms with Crippen molar-refractivity contribution >= 4 is 12.0 Å². The van der Waals surface area contributed by atoms with Gasteiger partial charge in [0, 0.05) is 31.1 Å². The van der Waals surface area contributed by atoms with Crippen molar-refractivity contribution in [2.45, 2.75) is 12.6 Å². The Morgan fingerprint density at radius 3 is 2.63 bits per heavy atom. The van der Waals surface area contributed by atoms with E-state index in [1.807, 2.05) is 60.8 Å². The normalized spacial score (nSPS) is 12.0. The highest BCUT2D eigenvalue weighted by Crippen LogP contribution is 2.23. The molecule has 1 heterocycles. The van der Waals surface area contributed by atoms with Crippen molar-refractivity contribution in [2.24, 2.45) is 0 Å². The molecular formula is C23H24N2O5. The number of para-hydroxylation sites is 1. The van der Waals surface area contributed by atoms with Crippen LogP contribution in [0.25, 0.3) is 6.08 Å². The van der Waals surface area contributed by atoms with E-state index < -0.39 is 5.97 Å². The summed E-state index contributed by atoms with van der Waals surface area (Å²) in [5, 5.41) is 13.2. The zero-order valence-corrected chi connectivity index (χ0v) is 16.7. The molecule has 1 N–H and O–H groups in total. The van der Waals surface area contributed by atoms with Crippen LogP contribution >= 0.6 is 0 Å². The number of nitrogens with zero attached hydrogens (tertiary/aromatic N) is 2. The van der Waals surface area contributed by atoms with Crippen LogP contribution in [-0.2, 0) is 16.1 Å². The topological polar surface area (TPSA) is 82.8 Å². The summed E-state index contributed by atoms with van der Waals surface area (Å²) in [4.78, 5) is 10.9. The monoisotopic (exact) mass is 408 g/mol. The number of aliphatic carboxylic acids is 1. The standard InChI is InChI=1S/C23H24N2O5/c1-28-21(16-29-20-6-3-2-4-7-20)17-30-22-14-18(15-25-13-5-12-24-25)8-9-19(22)10-11-23(26)27/h2-14,21H,15-17H2,1H3,(H,26,27). The summed E-state index contributed by atoms with van der Waals surface area (Å²) in [6.45, 7) is 1.16. The first-order valence-corrected chi connectivity index (χ1v) is 9.49. The van der Waals surface area contributed by atoms with Crippen LogP contribution in [-0.4, -0.2) is 47.3 Å². The molecule has 0 aliphatic rings. The van der Waals surface area contributed by atoms with Crippen LogP contribution in [0.15, 0.2) is 73.1 Å². The highest BCUT2D eigenvalue weighted by molar-refractivity contribution is 5.85. The van der Waals surface area contributed by atoms with Crippen LogP contribution < -0.4 is 9.47 Å². The fraction of sp³-hybridized carbons (Fsp3) is 0.217. The Kier molecular flexibility index (Phi) is 7.63. The van der Waals surface area contributed by atoms with E-state index in [0.717, 1.165) is 17.4 Å². The molecule has 30 heavy (non-hydrogen) atoms. The first-order chi connectivity index (χ1) is 14.6. The van der Waals surface area contributed by atoms with E-state index in [0.29, 0.717) is 24.5 Å². The molecule has 0 saturated heterocycles. The fourth-order valence-electron chi connectivity index (χ4n) is 2.75. The summed E-state index contributed by atoms with van der Waals surface area (Å²) in [5.41, 5.74) is 1.65. The van der Waals surface area contributed by atoms with Crippen LogP contribution in [0.2, 0.25) is 0 Å². The average Bonchev–Trinajstić information content (AvgIpc) is 3.27. The van der Waals surface area contributed by atoms with Crippen molar-refractivity contribution in [2.75, 3.05) is 20.3 Å². The van der Waals surface area contributed by atoms with Gasteiger partial charge in [-0.3, -0.25) is 4.68 Å². The molecule has 1 aromatic heterocycles. The molecule has 1 unspecified atom stereocenters. The minimum absolute atomic E-state index is 0.252. The Balaban J connectivity index is 1.69. The number of carboxylic acids is 1. The minimum Gasteiger partial charge on any atom is -0.491 e. The second-order valence-electron chi connectivity index (χ2n) is 6.54. The first kappa shape index (κ1) is 21.1. The number of benzene rings is 2. The van der Waals surface area contributed by atoms with Gasteiger partial charge in [-0.1, -0.05) is 30.3 Å². The molecule has 0 amide bonds. The summed E-state index contributed by atoms with van der Waals surface area (Å²) in [6, 6.07) is 17.0. The first-order valence-electron chi connectivity index (χ1n) is 9.49. The number of carboxylic acid groups (broad SMARTS) is 1. The zero-order valence-electron chi connectivity index (χ0n) is 16.7. The maximum atomic E-state index is 10.9. The molecule has 3 aromatic rings. The lowest BCUT2D eigenvalue weighted by molar-refractivity contribution is -0.131. The fourth-order valence-corrected chi connectivity index (χ4v) is 2.75. The molecule has 0 aliphatic carbocycles. The highest BCUT2D eigenvalue weighted by Gasteiger charge is 2.12. The van der Waals surface area contributed by atoms with Gasteiger partial charge in [-0.15, -0.1) is 0 Å². The largest absolute Gasteiger partial charge is 0.491 e. The molecule has 1 atom stereocenters. The summed E-state index contributed by atoms with van der Waals surface area (Å²) < 4.78 is 19.0. The van der Waals surface area contributed by atoms with Gasteiger partial charge in [0.15, 0.2) is 0 Å². The van der Waals surface area contributed by atoms with Gasteiger partial charge in [0.1, 0.15) is 30.8 Å². The van der Waals surface area contributed by atoms with E-state index in [-0.39, 0.29) is 12.7 Å². The van der Waals surface area contributed by atoms with Crippen molar-refractivity contribution in [1.29, 1.82) is 0 Å². The van der Waals surface area contributed by atoms with Crippen molar-refractivity contribution < 1.29 is 24.1 Å². The second kappa shape index (κ2) is 10.8. The second-order valence-corrected chi connectivity index (χ2v) is 6.54. The van der Waals surface area contributed by atoms with Crippen molar-refractivity contribution in [3.05, 3.63) is 84.2 Å². The molecule has 156 valence electrons. The van der Waals surface area contributed by atoms with E-state index in [2.05, 4.69) is 5.10 Å². The quantitative estimate of drug-likeness (QED) is 0.489. The number of carbonyl (C=O) groups is 1. The van der Waals surface area contributed by atoms with Crippen molar-refractivity contribution in [1.82, 2.24) is 9.78 Å². The summed E-state index contributed by atoms with van der Waals surface area (Å²) in [6.07, 6.45) is 5.90. The third-order valence-electron chi connectivity index (χ3n) is 4.32. The van der Waals surface area contributed by atoms with Crippen LogP contribution in [0.5, 0.6) is 11.5 Å². The summed E-state index contributed by atoms with van der Waals surface area (Å²) >= 11 is 0. The highest BCUT2D eigenvalue weighted by atomic mass is 16.6. The maximum Gasteiger partial charge on any atom is 0.328 e. The lowest BCUT2D eigenvalue weighted by atomic mass is 10.1. The van der Waals surface area contributed by atoms with Gasteiger partial charge in [0.05, 0.1) is 6.54 Å². The zero-order chi connectivity index (χ0) is 21.2. The number of hydrogen-bond donors (Lipinski definition) is 1. The molecule has 0 radical (unpaired) electrons. The Bertz CT molecular complexity index is 955. The third-order valence-corrected chi connectivity index (χ3v) is 4.32. The molecule has 0 bridgehead atoms. The molecule has 2 aromatic carbocycles. The van der Waals surface area contributed by atoms with Gasteiger partial charge in [0.25, 0.3) is 0 Å². The molecule has 0 aliphatic heterocycles. The molecule has 7 heteroatoms. The van der Waals surface area contributed by atoms with Gasteiger partial charge in [-0.2, -0.15) is 5.10 Å². The van der Waals surface area contributed by atoms with Gasteiger partial charge in [-0.05, 0) is 35.9 Å². The van der Waals surface area contributed by atoms with Gasteiger partial charge < -0.3 is 19.3 Å². The van der Waals surface area contributed by atoms with Crippen LogP contribution in [0, 0.1) is 0 Å². The Morgan fingerprint density at radius 2 is 1.93 bits per heavy atom. The SMILES string of the molecule is COC(COc1ccccc1)COc1cc(Cn2cccn2)ccc1C=CC(=O)O. The van der Waals surface area contributed by atoms with Gasteiger partial charge in [-0.25, -0.2) is 4.79 Å². The number of hydrogen-bond acceptors (Lipinski definition) is 5. The third kappa shape index (κ3) is 6.49. The molecule has 7 nitrogen and oxygen atoms in total. The summed E-state index contributed by atoms with van der Waals surface area (Å²) in [7, 11) is 1.60. The predicted molar refractivity (Wildman–Crippen MR) is 113 cm³/mol. The Hall–Kier alpha value is -3.58. The van der Waals surface area contributed by atoms with E-state index in [9.17, 15) is 4.79 Å². The molecule has 3 rings (SSSR count). The summed E-state index contributed by atoms with van der Waals surface area (Å²) in [5.74, 6) is 0.303. The number of methoxy groups -OCH3 is 1. The lowest BCUT2D eigenvalue weighted by Gasteiger charge is -2.18. The van der Waals surface area contributed by atoms with Gasteiger partial charge in [0.2, 0.25) is 0 Å². The number of aromatic nitrogens is 2. The maximum absolute atomic E-state index is 10.9. The molecule has 0 saturated carbocycles. The van der Waals surface area contributed by atoms with Crippen molar-refractivity contribution in [3.8, 4) is 11.5 Å². The van der Waals surface area contributed by atoms with Gasteiger partial charge >= 0.3 is 5.97 Å². The van der Waals surface area contributed by atoms with E-state index in [1.54, 1.807) is 18.0 Å². The molecule has 0 fully saturated rings. The number of ether oxygens (including phenoxy) is 3. The Labute approximate surface area is 175 Å². The molecular weight excluding hydrogens is 384 g/mol. The predicted octanol–water partition coefficient (Wildman–Crippen LogP) is 3.50. The average molecular weight is 408 g/mol. The van der Waals surface area contributed by atoms with E-state index >= 15 is 0 Å². The van der Waals surface area contributed by atoms with E-state index in [1.165, 1.54) is 6.08 Å². The van der Waals surface area contributed by atoms with Crippen LogP contribution in [0.3, 0.4) is 0 Å². The number of rotatable bonds is 11. The van der Waals surface area contributed by atoms with Crippen LogP contribution in [0.1, 0.15) is 11.1 Å². The Morgan fingerprint density at radius 1 is 1.13 bits per heavy atom. The minimum atomic E-state index is -1.02. The smallest absolute Gasteiger partial charge is 0.328 e. The molecule has 0 spiro atoms. The lowest BCUT2D eigenvalue weighted by Crippen LogP contribution is -2.27. The van der Waals surface area contributed by atoms with Crippen LogP contribution in [0.4, 0.5) is 0 Å². The van der Waals surface area contributed by atoms with Crippen molar-refractivity contribution in [3.63, 3.8) is 0 Å². The van der Waals surface area contributed by atoms with E-state index in [4.69, 9.17) is 19.3 Å².